The van der Waals surface area contributed by atoms with Crippen LogP contribution in [0.15, 0.2) is 0 Å². The lowest BCUT2D eigenvalue weighted by Crippen LogP contribution is -2.36. The summed E-state index contributed by atoms with van der Waals surface area (Å²) in [6, 6.07) is 0. The van der Waals surface area contributed by atoms with Crippen molar-refractivity contribution < 1.29 is 14.4 Å². The Morgan fingerprint density at radius 3 is 1.95 bits per heavy atom. The van der Waals surface area contributed by atoms with E-state index in [-0.39, 0.29) is 11.7 Å². The first-order valence-electron chi connectivity index (χ1n) is 7.34. The first-order chi connectivity index (χ1) is 9.17. The average molecular weight is 268 g/mol. The van der Waals surface area contributed by atoms with E-state index in [2.05, 4.69) is 0 Å². The van der Waals surface area contributed by atoms with Crippen LogP contribution < -0.4 is 0 Å². The third-order valence-corrected chi connectivity index (χ3v) is 3.22. The number of carbonyl (C=O) groups is 2. The van der Waals surface area contributed by atoms with Crippen molar-refractivity contribution in [3.8, 4) is 0 Å². The number of unbranched alkanes of at least 4 members (excludes halogenated alkanes) is 6. The second-order valence-corrected chi connectivity index (χ2v) is 4.67. The van der Waals surface area contributed by atoms with Crippen LogP contribution in [-0.4, -0.2) is 36.0 Å². The molecule has 1 amide bonds. The number of carbonyl (C=O) groups excluding carboxylic acids is 3. The van der Waals surface area contributed by atoms with Gasteiger partial charge in [0, 0.05) is 25.9 Å². The molecule has 0 rings (SSSR count). The van der Waals surface area contributed by atoms with Crippen molar-refractivity contribution in [1.29, 1.82) is 0 Å². The number of rotatable bonds is 12. The van der Waals surface area contributed by atoms with Crippen molar-refractivity contribution in [3.63, 3.8) is 0 Å². The molecule has 0 fully saturated rings. The highest BCUT2D eigenvalue weighted by Crippen LogP contribution is 2.09. The average Bonchev–Trinajstić information content (AvgIpc) is 2.42. The molecule has 1 radical (unpaired) electrons. The standard InChI is InChI=1S/C15H26NO3/c1-3-16(4-2)15(19)14(18)12-10-8-6-5-7-9-11-13-17/h3-12H2,1-2H3. The third kappa shape index (κ3) is 8.51. The highest BCUT2D eigenvalue weighted by Gasteiger charge is 2.18. The minimum Gasteiger partial charge on any atom is -0.337 e. The Kier molecular flexibility index (Phi) is 11.1. The normalized spacial score (nSPS) is 10.2. The summed E-state index contributed by atoms with van der Waals surface area (Å²) in [5, 5.41) is 0. The molecule has 0 saturated heterocycles. The van der Waals surface area contributed by atoms with E-state index in [0.29, 0.717) is 25.9 Å². The van der Waals surface area contributed by atoms with Gasteiger partial charge in [0.1, 0.15) is 0 Å². The minimum absolute atomic E-state index is 0.265. The van der Waals surface area contributed by atoms with Gasteiger partial charge in [0.25, 0.3) is 5.91 Å². The molecule has 0 aliphatic rings. The number of likely N-dealkylation sites (N-methyl/N-ethyl adjacent to an activating group) is 1. The van der Waals surface area contributed by atoms with Gasteiger partial charge in [-0.3, -0.25) is 14.4 Å². The van der Waals surface area contributed by atoms with Gasteiger partial charge in [-0.1, -0.05) is 25.7 Å². The van der Waals surface area contributed by atoms with Crippen LogP contribution in [0.25, 0.3) is 0 Å². The summed E-state index contributed by atoms with van der Waals surface area (Å²) < 4.78 is 0. The maximum atomic E-state index is 11.7. The lowest BCUT2D eigenvalue weighted by molar-refractivity contribution is -0.144. The maximum Gasteiger partial charge on any atom is 0.289 e. The quantitative estimate of drug-likeness (QED) is 0.404. The Morgan fingerprint density at radius 2 is 1.42 bits per heavy atom. The molecule has 0 bridgehead atoms. The molecule has 0 saturated carbocycles. The third-order valence-electron chi connectivity index (χ3n) is 3.22. The van der Waals surface area contributed by atoms with E-state index in [9.17, 15) is 14.4 Å². The Hall–Kier alpha value is -1.19. The molecule has 0 unspecified atom stereocenters. The van der Waals surface area contributed by atoms with Crippen LogP contribution >= 0.6 is 0 Å². The zero-order valence-corrected chi connectivity index (χ0v) is 12.2. The highest BCUT2D eigenvalue weighted by molar-refractivity contribution is 6.36. The molecule has 109 valence electrons. The predicted molar refractivity (Wildman–Crippen MR) is 75.6 cm³/mol. The molecule has 0 aliphatic carbocycles. The van der Waals surface area contributed by atoms with Crippen molar-refractivity contribution in [2.75, 3.05) is 13.1 Å². The molecular formula is C15H26NO3. The summed E-state index contributed by atoms with van der Waals surface area (Å²) in [6.07, 6.45) is 8.62. The fourth-order valence-corrected chi connectivity index (χ4v) is 1.98. The van der Waals surface area contributed by atoms with Crippen molar-refractivity contribution in [1.82, 2.24) is 4.90 Å². The number of hydrogen-bond donors (Lipinski definition) is 0. The van der Waals surface area contributed by atoms with Gasteiger partial charge in [0.05, 0.1) is 0 Å². The van der Waals surface area contributed by atoms with E-state index >= 15 is 0 Å². The minimum atomic E-state index is -0.341. The maximum absolute atomic E-state index is 11.7. The summed E-state index contributed by atoms with van der Waals surface area (Å²) in [4.78, 5) is 34.9. The predicted octanol–water partition coefficient (Wildman–Crippen LogP) is 2.65. The van der Waals surface area contributed by atoms with Gasteiger partial charge in [0.2, 0.25) is 5.78 Å². The second-order valence-electron chi connectivity index (χ2n) is 4.67. The molecule has 4 nitrogen and oxygen atoms in total. The van der Waals surface area contributed by atoms with E-state index in [0.717, 1.165) is 38.5 Å². The Morgan fingerprint density at radius 1 is 0.895 bits per heavy atom. The summed E-state index contributed by atoms with van der Waals surface area (Å²) in [5.41, 5.74) is 0. The molecule has 4 heteroatoms. The van der Waals surface area contributed by atoms with Crippen LogP contribution in [0, 0.1) is 0 Å². The molecule has 0 atom stereocenters. The lowest BCUT2D eigenvalue weighted by Gasteiger charge is -2.17. The van der Waals surface area contributed by atoms with E-state index in [4.69, 9.17) is 0 Å². The highest BCUT2D eigenvalue weighted by atomic mass is 16.2. The van der Waals surface area contributed by atoms with Crippen LogP contribution in [0.2, 0.25) is 0 Å². The largest absolute Gasteiger partial charge is 0.337 e. The van der Waals surface area contributed by atoms with E-state index in [1.165, 1.54) is 0 Å². The SMILES string of the molecule is CCN(CC)C(=O)C(=O)CCCCCCCC[C]=O. The van der Waals surface area contributed by atoms with Crippen LogP contribution in [0.5, 0.6) is 0 Å². The van der Waals surface area contributed by atoms with Gasteiger partial charge in [-0.25, -0.2) is 0 Å². The van der Waals surface area contributed by atoms with Crippen LogP contribution in [0.3, 0.4) is 0 Å². The molecule has 0 aromatic heterocycles. The fourth-order valence-electron chi connectivity index (χ4n) is 1.98. The molecule has 0 spiro atoms. The smallest absolute Gasteiger partial charge is 0.289 e. The van der Waals surface area contributed by atoms with Crippen LogP contribution in [-0.2, 0) is 14.4 Å². The Labute approximate surface area is 116 Å². The first kappa shape index (κ1) is 17.8. The number of Topliss-reactive ketones (excluding diaryl/α,β-unsaturated/α-hetero) is 1. The van der Waals surface area contributed by atoms with Gasteiger partial charge < -0.3 is 4.90 Å². The molecule has 19 heavy (non-hydrogen) atoms. The van der Waals surface area contributed by atoms with Crippen LogP contribution in [0.4, 0.5) is 0 Å². The fraction of sp³-hybridized carbons (Fsp3) is 0.800. The van der Waals surface area contributed by atoms with E-state index < -0.39 is 0 Å². The Bertz CT molecular complexity index is 273. The molecular weight excluding hydrogens is 242 g/mol. The molecule has 0 aliphatic heterocycles. The first-order valence-corrected chi connectivity index (χ1v) is 7.34. The van der Waals surface area contributed by atoms with Gasteiger partial charge >= 0.3 is 0 Å². The van der Waals surface area contributed by atoms with E-state index in [1.807, 2.05) is 20.1 Å². The van der Waals surface area contributed by atoms with Crippen molar-refractivity contribution in [2.24, 2.45) is 0 Å². The molecule has 0 heterocycles. The molecule has 0 aromatic rings. The molecule has 0 N–H and O–H groups in total. The zero-order valence-electron chi connectivity index (χ0n) is 12.2. The molecule has 0 aromatic carbocycles. The van der Waals surface area contributed by atoms with Gasteiger partial charge in [-0.05, 0) is 26.7 Å². The van der Waals surface area contributed by atoms with Crippen molar-refractivity contribution in [2.45, 2.75) is 65.2 Å². The van der Waals surface area contributed by atoms with Gasteiger partial charge in [0.15, 0.2) is 6.29 Å². The lowest BCUT2D eigenvalue weighted by atomic mass is 10.1. The summed E-state index contributed by atoms with van der Waals surface area (Å²) in [6.45, 7) is 4.94. The number of ketones is 1. The second kappa shape index (κ2) is 11.9. The summed E-state index contributed by atoms with van der Waals surface area (Å²) >= 11 is 0. The van der Waals surface area contributed by atoms with E-state index in [1.54, 1.807) is 4.90 Å². The van der Waals surface area contributed by atoms with Crippen molar-refractivity contribution in [3.05, 3.63) is 0 Å². The topological polar surface area (TPSA) is 54.5 Å². The van der Waals surface area contributed by atoms with Crippen molar-refractivity contribution >= 4 is 18.0 Å². The number of amides is 1. The summed E-state index contributed by atoms with van der Waals surface area (Å²) in [7, 11) is 0. The summed E-state index contributed by atoms with van der Waals surface area (Å²) in [5.74, 6) is -0.606. The van der Waals surface area contributed by atoms with Gasteiger partial charge in [-0.15, -0.1) is 0 Å². The van der Waals surface area contributed by atoms with Crippen LogP contribution in [0.1, 0.15) is 65.2 Å². The van der Waals surface area contributed by atoms with Gasteiger partial charge in [-0.2, -0.15) is 0 Å². The number of nitrogens with zero attached hydrogens (tertiary/aromatic N) is 1. The zero-order chi connectivity index (χ0) is 14.5. The Balaban J connectivity index is 3.58. The number of hydrogen-bond acceptors (Lipinski definition) is 3. The monoisotopic (exact) mass is 268 g/mol.